The van der Waals surface area contributed by atoms with Crippen LogP contribution in [0.5, 0.6) is 0 Å². The molecule has 2 aliphatic rings. The highest BCUT2D eigenvalue weighted by atomic mass is 32.1. The lowest BCUT2D eigenvalue weighted by Gasteiger charge is -2.36. The Morgan fingerprint density at radius 3 is 2.68 bits per heavy atom. The summed E-state index contributed by atoms with van der Waals surface area (Å²) in [4.78, 5) is 23.5. The summed E-state index contributed by atoms with van der Waals surface area (Å²) in [5.74, 6) is 1.31. The number of ether oxygens (including phenoxy) is 1. The van der Waals surface area contributed by atoms with E-state index in [1.54, 1.807) is 6.20 Å². The molecule has 0 bridgehead atoms. The van der Waals surface area contributed by atoms with E-state index in [1.165, 1.54) is 24.2 Å². The van der Waals surface area contributed by atoms with Crippen molar-refractivity contribution in [2.45, 2.75) is 44.8 Å². The number of thiazole rings is 1. The molecule has 0 aromatic carbocycles. The van der Waals surface area contributed by atoms with Crippen molar-refractivity contribution in [3.8, 4) is 0 Å². The number of nitrogens with zero attached hydrogens (tertiary/aromatic N) is 3. The third-order valence-electron chi connectivity index (χ3n) is 4.49. The second-order valence-corrected chi connectivity index (χ2v) is 7.73. The summed E-state index contributed by atoms with van der Waals surface area (Å²) in [7, 11) is 0. The molecule has 1 saturated heterocycles. The molecule has 1 amide bonds. The first kappa shape index (κ1) is 16.5. The van der Waals surface area contributed by atoms with E-state index in [9.17, 15) is 4.79 Å². The molecule has 0 unspecified atom stereocenters. The number of pyridine rings is 1. The van der Waals surface area contributed by atoms with Gasteiger partial charge in [0.25, 0.3) is 5.91 Å². The number of rotatable bonds is 4. The minimum absolute atomic E-state index is 0.167. The summed E-state index contributed by atoms with van der Waals surface area (Å²) in [6.07, 6.45) is 4.41. The monoisotopic (exact) mass is 358 g/mol. The largest absolute Gasteiger partial charge is 0.372 e. The Morgan fingerprint density at radius 1 is 1.28 bits per heavy atom. The maximum Gasteiger partial charge on any atom is 0.259 e. The van der Waals surface area contributed by atoms with Crippen LogP contribution in [0.25, 0.3) is 0 Å². The topological polar surface area (TPSA) is 67.4 Å². The molecule has 1 saturated carbocycles. The van der Waals surface area contributed by atoms with Gasteiger partial charge in [0.15, 0.2) is 5.13 Å². The van der Waals surface area contributed by atoms with E-state index in [0.717, 1.165) is 24.6 Å². The fourth-order valence-corrected chi connectivity index (χ4v) is 3.94. The highest BCUT2D eigenvalue weighted by Gasteiger charge is 2.26. The number of hydrogen-bond donors (Lipinski definition) is 1. The average Bonchev–Trinajstić information content (AvgIpc) is 3.34. The zero-order valence-electron chi connectivity index (χ0n) is 14.4. The molecular formula is C18H22N4O2S. The van der Waals surface area contributed by atoms with Crippen molar-refractivity contribution in [1.29, 1.82) is 0 Å². The maximum atomic E-state index is 12.4. The quantitative estimate of drug-likeness (QED) is 0.908. The van der Waals surface area contributed by atoms with Gasteiger partial charge < -0.3 is 9.64 Å². The summed E-state index contributed by atoms with van der Waals surface area (Å²) < 4.78 is 5.75. The molecule has 2 aromatic heterocycles. The van der Waals surface area contributed by atoms with E-state index in [-0.39, 0.29) is 18.1 Å². The van der Waals surface area contributed by atoms with E-state index in [4.69, 9.17) is 4.74 Å². The Hall–Kier alpha value is -1.99. The lowest BCUT2D eigenvalue weighted by atomic mass is 10.2. The summed E-state index contributed by atoms with van der Waals surface area (Å²) in [5, 5.41) is 5.57. The summed E-state index contributed by atoms with van der Waals surface area (Å²) in [5.41, 5.74) is 1.64. The van der Waals surface area contributed by atoms with Gasteiger partial charge in [-0.05, 0) is 38.8 Å². The lowest BCUT2D eigenvalue weighted by molar-refractivity contribution is -0.00546. The molecule has 4 rings (SSSR count). The predicted octanol–water partition coefficient (Wildman–Crippen LogP) is 3.28. The van der Waals surface area contributed by atoms with Gasteiger partial charge in [0.1, 0.15) is 5.82 Å². The van der Waals surface area contributed by atoms with Gasteiger partial charge in [-0.1, -0.05) is 0 Å². The van der Waals surface area contributed by atoms with Gasteiger partial charge in [-0.25, -0.2) is 9.97 Å². The van der Waals surface area contributed by atoms with Crippen LogP contribution in [0.1, 0.15) is 48.7 Å². The van der Waals surface area contributed by atoms with Crippen LogP contribution in [-0.2, 0) is 4.74 Å². The number of anilines is 2. The first-order chi connectivity index (χ1) is 12.1. The van der Waals surface area contributed by atoms with Gasteiger partial charge in [-0.15, -0.1) is 11.3 Å². The van der Waals surface area contributed by atoms with E-state index in [1.807, 2.05) is 17.5 Å². The molecule has 25 heavy (non-hydrogen) atoms. The zero-order valence-corrected chi connectivity index (χ0v) is 15.3. The number of nitrogens with one attached hydrogen (secondary N) is 1. The second kappa shape index (κ2) is 6.72. The van der Waals surface area contributed by atoms with Crippen LogP contribution < -0.4 is 10.2 Å². The molecule has 0 spiro atoms. The number of hydrogen-bond acceptors (Lipinski definition) is 6. The number of amides is 1. The fraction of sp³-hybridized carbons (Fsp3) is 0.500. The van der Waals surface area contributed by atoms with Crippen LogP contribution >= 0.6 is 11.3 Å². The van der Waals surface area contributed by atoms with Crippen molar-refractivity contribution in [3.63, 3.8) is 0 Å². The highest BCUT2D eigenvalue weighted by Crippen LogP contribution is 2.40. The number of aromatic nitrogens is 2. The summed E-state index contributed by atoms with van der Waals surface area (Å²) in [6, 6.07) is 3.72. The molecule has 7 heteroatoms. The Balaban J connectivity index is 1.41. The smallest absolute Gasteiger partial charge is 0.259 e. The van der Waals surface area contributed by atoms with Gasteiger partial charge in [0.05, 0.1) is 23.5 Å². The molecular weight excluding hydrogens is 336 g/mol. The SMILES string of the molecule is C[C@H]1CN(c2ccc(C(=O)Nc3nc(C4CC4)cs3)cn2)C[C@H](C)O1. The fourth-order valence-electron chi connectivity index (χ4n) is 3.15. The van der Waals surface area contributed by atoms with Crippen molar-refractivity contribution in [1.82, 2.24) is 9.97 Å². The number of morpholine rings is 1. The Morgan fingerprint density at radius 2 is 2.04 bits per heavy atom. The van der Waals surface area contributed by atoms with Crippen LogP contribution in [-0.4, -0.2) is 41.2 Å². The van der Waals surface area contributed by atoms with Crippen molar-refractivity contribution in [3.05, 3.63) is 35.0 Å². The minimum atomic E-state index is -0.167. The molecule has 0 radical (unpaired) electrons. The van der Waals surface area contributed by atoms with Crippen molar-refractivity contribution < 1.29 is 9.53 Å². The maximum absolute atomic E-state index is 12.4. The van der Waals surface area contributed by atoms with Gasteiger partial charge >= 0.3 is 0 Å². The third-order valence-corrected chi connectivity index (χ3v) is 5.27. The molecule has 1 aliphatic heterocycles. The summed E-state index contributed by atoms with van der Waals surface area (Å²) >= 11 is 1.48. The Kier molecular flexibility index (Phi) is 4.43. The van der Waals surface area contributed by atoms with E-state index in [0.29, 0.717) is 16.6 Å². The molecule has 2 atom stereocenters. The van der Waals surface area contributed by atoms with Gasteiger partial charge in [0, 0.05) is 30.6 Å². The molecule has 3 heterocycles. The third kappa shape index (κ3) is 3.82. The molecule has 1 aliphatic carbocycles. The van der Waals surface area contributed by atoms with Crippen molar-refractivity contribution in [2.24, 2.45) is 0 Å². The molecule has 2 fully saturated rings. The normalized spacial score (nSPS) is 23.5. The van der Waals surface area contributed by atoms with Crippen molar-refractivity contribution in [2.75, 3.05) is 23.3 Å². The second-order valence-electron chi connectivity index (χ2n) is 6.87. The first-order valence-electron chi connectivity index (χ1n) is 8.71. The number of carbonyl (C=O) groups excluding carboxylic acids is 1. The highest BCUT2D eigenvalue weighted by molar-refractivity contribution is 7.14. The van der Waals surface area contributed by atoms with Crippen LogP contribution in [0.4, 0.5) is 10.9 Å². The van der Waals surface area contributed by atoms with Gasteiger partial charge in [-0.3, -0.25) is 10.1 Å². The van der Waals surface area contributed by atoms with Crippen molar-refractivity contribution >= 4 is 28.2 Å². The standard InChI is InChI=1S/C18H22N4O2S/c1-11-8-22(9-12(2)24-11)16-6-5-14(7-19-16)17(23)21-18-20-15(10-25-18)13-3-4-13/h5-7,10-13H,3-4,8-9H2,1-2H3,(H,20,21,23)/t11-,12-/m0/s1. The molecule has 6 nitrogen and oxygen atoms in total. The van der Waals surface area contributed by atoms with E-state index < -0.39 is 0 Å². The van der Waals surface area contributed by atoms with Crippen LogP contribution in [0.2, 0.25) is 0 Å². The first-order valence-corrected chi connectivity index (χ1v) is 9.59. The van der Waals surface area contributed by atoms with Gasteiger partial charge in [-0.2, -0.15) is 0 Å². The zero-order chi connectivity index (χ0) is 17.4. The molecule has 132 valence electrons. The average molecular weight is 358 g/mol. The molecule has 1 N–H and O–H groups in total. The lowest BCUT2D eigenvalue weighted by Crippen LogP contribution is -2.45. The van der Waals surface area contributed by atoms with E-state index >= 15 is 0 Å². The Labute approximate surface area is 151 Å². The molecule has 2 aromatic rings. The van der Waals surface area contributed by atoms with Gasteiger partial charge in [0.2, 0.25) is 0 Å². The Bertz CT molecular complexity index is 747. The predicted molar refractivity (Wildman–Crippen MR) is 98.5 cm³/mol. The van der Waals surface area contributed by atoms with Crippen LogP contribution in [0.15, 0.2) is 23.7 Å². The summed E-state index contributed by atoms with van der Waals surface area (Å²) in [6.45, 7) is 5.75. The number of carbonyl (C=O) groups is 1. The minimum Gasteiger partial charge on any atom is -0.372 e. The van der Waals surface area contributed by atoms with E-state index in [2.05, 4.69) is 34.0 Å². The van der Waals surface area contributed by atoms with Crippen LogP contribution in [0, 0.1) is 0 Å². The van der Waals surface area contributed by atoms with Crippen LogP contribution in [0.3, 0.4) is 0 Å².